The minimum Gasteiger partial charge on any atom is -0.457 e. The van der Waals surface area contributed by atoms with Gasteiger partial charge >= 0.3 is 0 Å². The fourth-order valence-corrected chi connectivity index (χ4v) is 3.01. The van der Waals surface area contributed by atoms with E-state index in [1.165, 1.54) is 5.56 Å². The summed E-state index contributed by atoms with van der Waals surface area (Å²) in [5.74, 6) is 1.20. The summed E-state index contributed by atoms with van der Waals surface area (Å²) in [6, 6.07) is 18.8. The Bertz CT molecular complexity index is 1000. The van der Waals surface area contributed by atoms with Gasteiger partial charge in [0.1, 0.15) is 11.5 Å². The van der Waals surface area contributed by atoms with Crippen LogP contribution in [-0.2, 0) is 4.74 Å². The number of aromatic nitrogens is 1. The average molecular weight is 405 g/mol. The Morgan fingerprint density at radius 2 is 1.80 bits per heavy atom. The molecule has 1 atom stereocenters. The third-order valence-corrected chi connectivity index (χ3v) is 4.69. The molecule has 156 valence electrons. The first-order valence-corrected chi connectivity index (χ1v) is 10.2. The van der Waals surface area contributed by atoms with Crippen molar-refractivity contribution in [3.05, 3.63) is 83.2 Å². The van der Waals surface area contributed by atoms with Crippen molar-refractivity contribution in [2.45, 2.75) is 40.2 Å². The van der Waals surface area contributed by atoms with E-state index in [0.717, 1.165) is 17.9 Å². The van der Waals surface area contributed by atoms with Crippen LogP contribution in [0.3, 0.4) is 0 Å². The fraction of sp³-hybridized carbons (Fsp3) is 0.280. The van der Waals surface area contributed by atoms with E-state index in [1.807, 2.05) is 69.3 Å². The van der Waals surface area contributed by atoms with Gasteiger partial charge in [0, 0.05) is 18.4 Å². The Kier molecular flexibility index (Phi) is 7.20. The Hall–Kier alpha value is -3.18. The van der Waals surface area contributed by atoms with Crippen molar-refractivity contribution in [1.82, 2.24) is 4.98 Å². The largest absolute Gasteiger partial charge is 0.457 e. The summed E-state index contributed by atoms with van der Waals surface area (Å²) >= 11 is 0. The van der Waals surface area contributed by atoms with Crippen molar-refractivity contribution in [3.8, 4) is 11.5 Å². The van der Waals surface area contributed by atoms with Crippen LogP contribution in [0.2, 0.25) is 0 Å². The summed E-state index contributed by atoms with van der Waals surface area (Å²) in [7, 11) is 0. The molecule has 0 aliphatic rings. The van der Waals surface area contributed by atoms with Crippen LogP contribution < -0.4 is 10.1 Å². The molecule has 3 rings (SSSR count). The molecule has 1 amide bonds. The zero-order valence-electron chi connectivity index (χ0n) is 17.9. The van der Waals surface area contributed by atoms with E-state index in [0.29, 0.717) is 29.3 Å². The second kappa shape index (κ2) is 10.0. The van der Waals surface area contributed by atoms with Gasteiger partial charge in [-0.25, -0.2) is 0 Å². The highest BCUT2D eigenvalue weighted by atomic mass is 16.5. The minimum atomic E-state index is -0.207. The maximum atomic E-state index is 12.8. The summed E-state index contributed by atoms with van der Waals surface area (Å²) in [5, 5.41) is 2.93. The lowest BCUT2D eigenvalue weighted by Crippen LogP contribution is -2.15. The number of nitrogens with one attached hydrogen (secondary N) is 1. The molecule has 1 unspecified atom stereocenters. The van der Waals surface area contributed by atoms with Crippen LogP contribution >= 0.6 is 0 Å². The molecule has 1 aromatic heterocycles. The Morgan fingerprint density at radius 3 is 2.50 bits per heavy atom. The first kappa shape index (κ1) is 21.5. The van der Waals surface area contributed by atoms with Crippen LogP contribution in [0, 0.1) is 13.8 Å². The SMILES string of the molecule is CCCOC(C)c1ccc(C(=O)Nc2cccc(Oc3ccc(C)cc3)c2)c(C)n1. The maximum absolute atomic E-state index is 12.8. The summed E-state index contributed by atoms with van der Waals surface area (Å²) in [6.45, 7) is 8.59. The Labute approximate surface area is 178 Å². The Morgan fingerprint density at radius 1 is 1.03 bits per heavy atom. The number of rotatable bonds is 8. The minimum absolute atomic E-state index is 0.101. The molecule has 3 aromatic rings. The predicted octanol–water partition coefficient (Wildman–Crippen LogP) is 6.23. The van der Waals surface area contributed by atoms with Gasteiger partial charge in [0.05, 0.1) is 23.1 Å². The topological polar surface area (TPSA) is 60.5 Å². The molecule has 0 radical (unpaired) electrons. The van der Waals surface area contributed by atoms with E-state index >= 15 is 0 Å². The first-order chi connectivity index (χ1) is 14.5. The zero-order valence-corrected chi connectivity index (χ0v) is 17.9. The third kappa shape index (κ3) is 5.67. The summed E-state index contributed by atoms with van der Waals surface area (Å²) in [4.78, 5) is 17.3. The molecule has 2 aromatic carbocycles. The molecular formula is C25H28N2O3. The number of pyridine rings is 1. The van der Waals surface area contributed by atoms with Crippen molar-refractivity contribution >= 4 is 11.6 Å². The van der Waals surface area contributed by atoms with Crippen molar-refractivity contribution in [3.63, 3.8) is 0 Å². The van der Waals surface area contributed by atoms with Crippen LogP contribution in [-0.4, -0.2) is 17.5 Å². The molecule has 5 heteroatoms. The van der Waals surface area contributed by atoms with Gasteiger partial charge in [-0.3, -0.25) is 9.78 Å². The molecule has 30 heavy (non-hydrogen) atoms. The smallest absolute Gasteiger partial charge is 0.257 e. The molecular weight excluding hydrogens is 376 g/mol. The number of amides is 1. The van der Waals surface area contributed by atoms with Crippen molar-refractivity contribution in [1.29, 1.82) is 0 Å². The summed E-state index contributed by atoms with van der Waals surface area (Å²) in [6.07, 6.45) is 0.854. The first-order valence-electron chi connectivity index (χ1n) is 10.2. The molecule has 0 aliphatic heterocycles. The number of anilines is 1. The van der Waals surface area contributed by atoms with Gasteiger partial charge in [-0.2, -0.15) is 0 Å². The highest BCUT2D eigenvalue weighted by molar-refractivity contribution is 6.05. The van der Waals surface area contributed by atoms with Crippen molar-refractivity contribution in [2.75, 3.05) is 11.9 Å². The van der Waals surface area contributed by atoms with Crippen LogP contribution in [0.25, 0.3) is 0 Å². The number of benzene rings is 2. The summed E-state index contributed by atoms with van der Waals surface area (Å²) in [5.41, 5.74) is 3.86. The number of nitrogens with zero attached hydrogens (tertiary/aromatic N) is 1. The molecule has 0 fully saturated rings. The molecule has 0 spiro atoms. The molecule has 1 N–H and O–H groups in total. The van der Waals surface area contributed by atoms with Crippen molar-refractivity contribution in [2.24, 2.45) is 0 Å². The number of carbonyl (C=O) groups excluding carboxylic acids is 1. The number of hydrogen-bond donors (Lipinski definition) is 1. The van der Waals surface area contributed by atoms with Gasteiger partial charge < -0.3 is 14.8 Å². The monoisotopic (exact) mass is 404 g/mol. The van der Waals surface area contributed by atoms with E-state index < -0.39 is 0 Å². The molecule has 5 nitrogen and oxygen atoms in total. The Balaban J connectivity index is 1.69. The van der Waals surface area contributed by atoms with Crippen LogP contribution in [0.1, 0.15) is 53.7 Å². The maximum Gasteiger partial charge on any atom is 0.257 e. The molecule has 0 saturated carbocycles. The number of carbonyl (C=O) groups is 1. The number of aryl methyl sites for hydroxylation is 2. The van der Waals surface area contributed by atoms with E-state index in [1.54, 1.807) is 12.1 Å². The van der Waals surface area contributed by atoms with Crippen molar-refractivity contribution < 1.29 is 14.3 Å². The quantitative estimate of drug-likeness (QED) is 0.483. The number of hydrogen-bond acceptors (Lipinski definition) is 4. The van der Waals surface area contributed by atoms with Gasteiger partial charge in [-0.05, 0) is 63.6 Å². The zero-order chi connectivity index (χ0) is 21.5. The predicted molar refractivity (Wildman–Crippen MR) is 119 cm³/mol. The lowest BCUT2D eigenvalue weighted by atomic mass is 10.1. The molecule has 0 saturated heterocycles. The molecule has 0 aliphatic carbocycles. The number of ether oxygens (including phenoxy) is 2. The van der Waals surface area contributed by atoms with Gasteiger partial charge in [0.25, 0.3) is 5.91 Å². The lowest BCUT2D eigenvalue weighted by molar-refractivity contribution is 0.0632. The van der Waals surface area contributed by atoms with E-state index in [-0.39, 0.29) is 12.0 Å². The second-order valence-electron chi connectivity index (χ2n) is 7.28. The summed E-state index contributed by atoms with van der Waals surface area (Å²) < 4.78 is 11.6. The standard InChI is InChI=1S/C25H28N2O3/c1-5-15-29-19(4)24-14-13-23(18(3)26-24)25(28)27-20-7-6-8-22(16-20)30-21-11-9-17(2)10-12-21/h6-14,16,19H,5,15H2,1-4H3,(H,27,28). The van der Waals surface area contributed by atoms with E-state index in [2.05, 4.69) is 17.2 Å². The van der Waals surface area contributed by atoms with Gasteiger partial charge in [-0.15, -0.1) is 0 Å². The normalized spacial score (nSPS) is 11.7. The van der Waals surface area contributed by atoms with E-state index in [9.17, 15) is 4.79 Å². The fourth-order valence-electron chi connectivity index (χ4n) is 3.01. The molecule has 0 bridgehead atoms. The van der Waals surface area contributed by atoms with Gasteiger partial charge in [-0.1, -0.05) is 30.7 Å². The highest BCUT2D eigenvalue weighted by Crippen LogP contribution is 2.25. The van der Waals surface area contributed by atoms with Crippen LogP contribution in [0.4, 0.5) is 5.69 Å². The van der Waals surface area contributed by atoms with Crippen LogP contribution in [0.5, 0.6) is 11.5 Å². The lowest BCUT2D eigenvalue weighted by Gasteiger charge is -2.14. The second-order valence-corrected chi connectivity index (χ2v) is 7.28. The van der Waals surface area contributed by atoms with Crippen LogP contribution in [0.15, 0.2) is 60.7 Å². The van der Waals surface area contributed by atoms with Gasteiger partial charge in [0.2, 0.25) is 0 Å². The van der Waals surface area contributed by atoms with E-state index in [4.69, 9.17) is 9.47 Å². The average Bonchev–Trinajstić information content (AvgIpc) is 2.73. The highest BCUT2D eigenvalue weighted by Gasteiger charge is 2.14. The van der Waals surface area contributed by atoms with Gasteiger partial charge in [0.15, 0.2) is 0 Å². The third-order valence-electron chi connectivity index (χ3n) is 4.69. The molecule has 1 heterocycles.